The van der Waals surface area contributed by atoms with Gasteiger partial charge in [-0.15, -0.1) is 5.10 Å². The van der Waals surface area contributed by atoms with Gasteiger partial charge in [0.1, 0.15) is 0 Å². The second kappa shape index (κ2) is 9.93. The van der Waals surface area contributed by atoms with Gasteiger partial charge in [-0.1, -0.05) is 64.5 Å². The van der Waals surface area contributed by atoms with Gasteiger partial charge in [0.05, 0.1) is 11.4 Å². The van der Waals surface area contributed by atoms with Crippen molar-refractivity contribution in [3.05, 3.63) is 94.0 Å². The molecule has 1 amide bonds. The molecule has 0 aliphatic carbocycles. The van der Waals surface area contributed by atoms with Gasteiger partial charge in [-0.2, -0.15) is 0 Å². The normalized spacial score (nSPS) is 10.8. The van der Waals surface area contributed by atoms with Crippen LogP contribution in [0.15, 0.2) is 66.1 Å². The first-order valence-corrected chi connectivity index (χ1v) is 11.3. The van der Waals surface area contributed by atoms with Crippen LogP contribution in [0.5, 0.6) is 0 Å². The van der Waals surface area contributed by atoms with Crippen molar-refractivity contribution >= 4 is 29.3 Å². The highest BCUT2D eigenvalue weighted by Crippen LogP contribution is 2.25. The summed E-state index contributed by atoms with van der Waals surface area (Å²) in [6, 6.07) is 15.4. The van der Waals surface area contributed by atoms with Crippen LogP contribution in [0.4, 0.5) is 0 Å². The average molecular weight is 465 g/mol. The topological polar surface area (TPSA) is 85.6 Å². The van der Waals surface area contributed by atoms with Crippen molar-refractivity contribution in [3.8, 4) is 5.69 Å². The van der Waals surface area contributed by atoms with E-state index in [9.17, 15) is 4.79 Å². The highest BCUT2D eigenvalue weighted by Gasteiger charge is 2.21. The molecule has 0 radical (unpaired) electrons. The van der Waals surface area contributed by atoms with Crippen molar-refractivity contribution in [2.75, 3.05) is 0 Å². The number of hydrogen-bond acceptors (Lipinski definition) is 6. The van der Waals surface area contributed by atoms with Gasteiger partial charge in [-0.3, -0.25) is 4.79 Å². The molecule has 4 aromatic rings. The minimum Gasteiger partial charge on any atom is -0.347 e. The van der Waals surface area contributed by atoms with E-state index in [2.05, 4.69) is 25.6 Å². The Labute approximate surface area is 195 Å². The van der Waals surface area contributed by atoms with E-state index >= 15 is 0 Å². The molecule has 0 bridgehead atoms. The van der Waals surface area contributed by atoms with Gasteiger partial charge >= 0.3 is 0 Å². The molecule has 0 unspecified atom stereocenters. The number of thioether (sulfide) groups is 1. The lowest BCUT2D eigenvalue weighted by molar-refractivity contribution is 0.0945. The van der Waals surface area contributed by atoms with Crippen LogP contribution in [0, 0.1) is 13.8 Å². The maximum atomic E-state index is 13.0. The van der Waals surface area contributed by atoms with Crippen LogP contribution in [-0.4, -0.2) is 30.9 Å². The van der Waals surface area contributed by atoms with E-state index in [0.717, 1.165) is 16.8 Å². The van der Waals surface area contributed by atoms with Crippen LogP contribution in [0.1, 0.15) is 32.9 Å². The fourth-order valence-corrected chi connectivity index (χ4v) is 3.96. The lowest BCUT2D eigenvalue weighted by atomic mass is 10.1. The molecule has 0 fully saturated rings. The van der Waals surface area contributed by atoms with Crippen LogP contribution in [0.25, 0.3) is 5.69 Å². The molecule has 0 saturated carbocycles. The van der Waals surface area contributed by atoms with Crippen LogP contribution in [0.3, 0.4) is 0 Å². The molecule has 0 spiro atoms. The lowest BCUT2D eigenvalue weighted by Crippen LogP contribution is -2.24. The van der Waals surface area contributed by atoms with Crippen molar-refractivity contribution in [1.82, 2.24) is 30.3 Å². The standard InChI is InChI=1S/C23H21ClN6OS/c1-15-4-7-17(8-5-15)13-27-22(31)21-20(14-32-23-25-10-3-11-26-23)30(29-28-21)18-9-6-16(2)19(24)12-18/h3-12H,13-14H2,1-2H3,(H,27,31). The number of halogens is 1. The molecular formula is C23H21ClN6OS. The van der Waals surface area contributed by atoms with Gasteiger partial charge in [-0.25, -0.2) is 14.6 Å². The first-order valence-electron chi connectivity index (χ1n) is 9.96. The number of nitrogens with one attached hydrogen (secondary N) is 1. The molecule has 162 valence electrons. The van der Waals surface area contributed by atoms with Gasteiger partial charge in [0.15, 0.2) is 10.9 Å². The Morgan fingerprint density at radius 1 is 1.09 bits per heavy atom. The summed E-state index contributed by atoms with van der Waals surface area (Å²) in [6.45, 7) is 4.36. The minimum absolute atomic E-state index is 0.261. The molecule has 7 nitrogen and oxygen atoms in total. The number of hydrogen-bond donors (Lipinski definition) is 1. The molecule has 9 heteroatoms. The number of aromatic nitrogens is 5. The molecule has 2 heterocycles. The quantitative estimate of drug-likeness (QED) is 0.319. The van der Waals surface area contributed by atoms with Crippen molar-refractivity contribution in [1.29, 1.82) is 0 Å². The van der Waals surface area contributed by atoms with Gasteiger partial charge in [0, 0.05) is 29.7 Å². The average Bonchev–Trinajstić information content (AvgIpc) is 3.23. The molecule has 0 atom stereocenters. The van der Waals surface area contributed by atoms with Crippen molar-refractivity contribution in [3.63, 3.8) is 0 Å². The fourth-order valence-electron chi connectivity index (χ4n) is 2.99. The first kappa shape index (κ1) is 22.0. The van der Waals surface area contributed by atoms with Crippen molar-refractivity contribution in [2.45, 2.75) is 31.3 Å². The number of nitrogens with zero attached hydrogens (tertiary/aromatic N) is 5. The fraction of sp³-hybridized carbons (Fsp3) is 0.174. The molecule has 2 aromatic heterocycles. The molecule has 0 aliphatic heterocycles. The summed E-state index contributed by atoms with van der Waals surface area (Å²) >= 11 is 7.73. The molecule has 2 aromatic carbocycles. The van der Waals surface area contributed by atoms with E-state index in [1.807, 2.05) is 56.3 Å². The summed E-state index contributed by atoms with van der Waals surface area (Å²) in [5.41, 5.74) is 4.77. The zero-order valence-corrected chi connectivity index (χ0v) is 19.2. The van der Waals surface area contributed by atoms with Crippen LogP contribution < -0.4 is 5.32 Å². The molecule has 32 heavy (non-hydrogen) atoms. The van der Waals surface area contributed by atoms with Gasteiger partial charge in [0.25, 0.3) is 5.91 Å². The van der Waals surface area contributed by atoms with E-state index in [1.165, 1.54) is 17.3 Å². The van der Waals surface area contributed by atoms with Crippen molar-refractivity contribution < 1.29 is 4.79 Å². The monoisotopic (exact) mass is 464 g/mol. The Balaban J connectivity index is 1.61. The van der Waals surface area contributed by atoms with Crippen LogP contribution in [-0.2, 0) is 12.3 Å². The number of rotatable bonds is 7. The second-order valence-corrected chi connectivity index (χ2v) is 8.57. The van der Waals surface area contributed by atoms with Crippen LogP contribution in [0.2, 0.25) is 5.02 Å². The van der Waals surface area contributed by atoms with E-state index in [-0.39, 0.29) is 11.6 Å². The maximum absolute atomic E-state index is 13.0. The summed E-state index contributed by atoms with van der Waals surface area (Å²) in [5, 5.41) is 12.6. The van der Waals surface area contributed by atoms with E-state index in [1.54, 1.807) is 23.1 Å². The Morgan fingerprint density at radius 3 is 2.56 bits per heavy atom. The SMILES string of the molecule is Cc1ccc(CNC(=O)c2nnn(-c3ccc(C)c(Cl)c3)c2CSc2ncccn2)cc1. The third-order valence-corrected chi connectivity index (χ3v) is 6.13. The number of benzene rings is 2. The number of carbonyl (C=O) groups excluding carboxylic acids is 1. The molecule has 4 rings (SSSR count). The zero-order chi connectivity index (χ0) is 22.5. The highest BCUT2D eigenvalue weighted by atomic mass is 35.5. The summed E-state index contributed by atoms with van der Waals surface area (Å²) in [5.74, 6) is 0.120. The Bertz CT molecular complexity index is 1230. The highest BCUT2D eigenvalue weighted by molar-refractivity contribution is 7.98. The minimum atomic E-state index is -0.292. The maximum Gasteiger partial charge on any atom is 0.274 e. The molecular weight excluding hydrogens is 444 g/mol. The predicted molar refractivity (Wildman–Crippen MR) is 125 cm³/mol. The number of aryl methyl sites for hydroxylation is 2. The summed E-state index contributed by atoms with van der Waals surface area (Å²) in [4.78, 5) is 21.5. The van der Waals surface area contributed by atoms with Gasteiger partial charge < -0.3 is 5.32 Å². The Kier molecular flexibility index (Phi) is 6.82. The predicted octanol–water partition coefficient (Wildman–Crippen LogP) is 4.55. The third kappa shape index (κ3) is 5.15. The van der Waals surface area contributed by atoms with Gasteiger partial charge in [0.2, 0.25) is 0 Å². The lowest BCUT2D eigenvalue weighted by Gasteiger charge is -2.09. The third-order valence-electron chi connectivity index (χ3n) is 4.83. The largest absolute Gasteiger partial charge is 0.347 e. The zero-order valence-electron chi connectivity index (χ0n) is 17.6. The Hall–Kier alpha value is -3.23. The molecule has 0 saturated heterocycles. The number of carbonyl (C=O) groups is 1. The summed E-state index contributed by atoms with van der Waals surface area (Å²) in [7, 11) is 0. The van der Waals surface area contributed by atoms with Crippen molar-refractivity contribution in [2.24, 2.45) is 0 Å². The second-order valence-electron chi connectivity index (χ2n) is 7.22. The molecule has 1 N–H and O–H groups in total. The van der Waals surface area contributed by atoms with Gasteiger partial charge in [-0.05, 0) is 43.2 Å². The van der Waals surface area contributed by atoms with Crippen LogP contribution >= 0.6 is 23.4 Å². The smallest absolute Gasteiger partial charge is 0.274 e. The first-order chi connectivity index (χ1) is 15.5. The molecule has 0 aliphatic rings. The summed E-state index contributed by atoms with van der Waals surface area (Å²) in [6.07, 6.45) is 3.36. The van der Waals surface area contributed by atoms with E-state index in [4.69, 9.17) is 11.6 Å². The van der Waals surface area contributed by atoms with E-state index < -0.39 is 0 Å². The number of amides is 1. The van der Waals surface area contributed by atoms with E-state index in [0.29, 0.717) is 28.2 Å². The summed E-state index contributed by atoms with van der Waals surface area (Å²) < 4.78 is 1.64. The Morgan fingerprint density at radius 2 is 1.84 bits per heavy atom.